The van der Waals surface area contributed by atoms with E-state index in [1.165, 1.54) is 44.1 Å². The molecule has 0 heteroatoms. The van der Waals surface area contributed by atoms with Crippen LogP contribution in [-0.2, 0) is 0 Å². The Hall–Kier alpha value is -1.22. The SMILES string of the molecule is C#CC1=CCC2C3CC=C4C=C(C)CCC4(C)C3CCC12C.CC(C)C. The maximum absolute atomic E-state index is 5.80. The Morgan fingerprint density at radius 2 is 1.73 bits per heavy atom. The summed E-state index contributed by atoms with van der Waals surface area (Å²) in [5.74, 6) is 6.31. The van der Waals surface area contributed by atoms with Gasteiger partial charge in [-0.3, -0.25) is 0 Å². The number of allylic oxidation sites excluding steroid dienone is 6. The molecule has 5 unspecified atom stereocenters. The predicted octanol–water partition coefficient (Wildman–Crippen LogP) is 7.34. The minimum Gasteiger partial charge on any atom is -0.115 e. The van der Waals surface area contributed by atoms with E-state index in [1.807, 2.05) is 0 Å². The van der Waals surface area contributed by atoms with E-state index in [1.54, 1.807) is 11.1 Å². The number of hydrogen-bond acceptors (Lipinski definition) is 0. The zero-order valence-electron chi connectivity index (χ0n) is 17.9. The molecule has 0 aromatic carbocycles. The van der Waals surface area contributed by atoms with Crippen LogP contribution in [0.4, 0.5) is 0 Å². The fourth-order valence-electron chi connectivity index (χ4n) is 6.26. The minimum atomic E-state index is 0.290. The molecule has 4 rings (SSSR count). The number of rotatable bonds is 0. The first kappa shape index (κ1) is 19.5. The lowest BCUT2D eigenvalue weighted by Gasteiger charge is -2.56. The highest BCUT2D eigenvalue weighted by atomic mass is 14.6. The van der Waals surface area contributed by atoms with Gasteiger partial charge in [-0.2, -0.15) is 0 Å². The van der Waals surface area contributed by atoms with Gasteiger partial charge < -0.3 is 0 Å². The Balaban J connectivity index is 0.000000447. The largest absolute Gasteiger partial charge is 0.115 e. The number of fused-ring (bicyclic) bond motifs is 5. The average molecular weight is 351 g/mol. The summed E-state index contributed by atoms with van der Waals surface area (Å²) in [5, 5.41) is 0. The molecule has 0 spiro atoms. The Labute approximate surface area is 162 Å². The molecule has 4 aliphatic carbocycles. The van der Waals surface area contributed by atoms with Crippen LogP contribution in [0.15, 0.2) is 34.9 Å². The van der Waals surface area contributed by atoms with E-state index in [-0.39, 0.29) is 5.41 Å². The lowest BCUT2D eigenvalue weighted by Crippen LogP contribution is -2.48. The van der Waals surface area contributed by atoms with Crippen LogP contribution in [0.5, 0.6) is 0 Å². The maximum Gasteiger partial charge on any atom is 0.00399 e. The highest BCUT2D eigenvalue weighted by molar-refractivity contribution is 5.41. The van der Waals surface area contributed by atoms with Crippen molar-refractivity contribution >= 4 is 0 Å². The molecular formula is C26H38. The van der Waals surface area contributed by atoms with Crippen LogP contribution in [0.2, 0.25) is 0 Å². The van der Waals surface area contributed by atoms with Gasteiger partial charge in [0.25, 0.3) is 0 Å². The summed E-state index contributed by atoms with van der Waals surface area (Å²) in [7, 11) is 0. The zero-order valence-corrected chi connectivity index (χ0v) is 17.9. The molecule has 0 aromatic heterocycles. The van der Waals surface area contributed by atoms with Gasteiger partial charge in [-0.15, -0.1) is 6.42 Å². The standard InChI is InChI=1S/C22H28.C4H10/c1-5-16-7-9-19-18-8-6-17-14-15(2)10-12-22(17,4)20(18)11-13-21(16,19)3;1-4(2)3/h1,6-7,14,18-20H,8-13H2,2-4H3;4H,1-3H3. The van der Waals surface area contributed by atoms with Gasteiger partial charge in [0.05, 0.1) is 0 Å². The fraction of sp³-hybridized carbons (Fsp3) is 0.692. The van der Waals surface area contributed by atoms with E-state index < -0.39 is 0 Å². The molecule has 5 atom stereocenters. The second kappa shape index (κ2) is 7.07. The molecule has 0 aliphatic heterocycles. The normalized spacial score (nSPS) is 40.7. The van der Waals surface area contributed by atoms with Crippen molar-refractivity contribution in [3.8, 4) is 12.3 Å². The molecule has 142 valence electrons. The Kier molecular flexibility index (Phi) is 5.31. The number of hydrogen-bond donors (Lipinski definition) is 0. The smallest absolute Gasteiger partial charge is 0.00399 e. The third-order valence-electron chi connectivity index (χ3n) is 7.70. The quantitative estimate of drug-likeness (QED) is 0.401. The maximum atomic E-state index is 5.80. The summed E-state index contributed by atoms with van der Waals surface area (Å²) < 4.78 is 0. The molecule has 4 aliphatic rings. The summed E-state index contributed by atoms with van der Waals surface area (Å²) in [5.41, 5.74) is 5.22. The van der Waals surface area contributed by atoms with E-state index >= 15 is 0 Å². The molecular weight excluding hydrogens is 312 g/mol. The van der Waals surface area contributed by atoms with Gasteiger partial charge in [0.1, 0.15) is 0 Å². The first-order valence-electron chi connectivity index (χ1n) is 10.8. The summed E-state index contributed by atoms with van der Waals surface area (Å²) >= 11 is 0. The minimum absolute atomic E-state index is 0.290. The topological polar surface area (TPSA) is 0 Å². The highest BCUT2D eigenvalue weighted by Crippen LogP contribution is 2.64. The molecule has 0 radical (unpaired) electrons. The molecule has 0 bridgehead atoms. The van der Waals surface area contributed by atoms with Gasteiger partial charge in [-0.25, -0.2) is 0 Å². The third-order valence-corrected chi connectivity index (χ3v) is 7.70. The van der Waals surface area contributed by atoms with Crippen molar-refractivity contribution in [1.29, 1.82) is 0 Å². The lowest BCUT2D eigenvalue weighted by atomic mass is 9.48. The fourth-order valence-corrected chi connectivity index (χ4v) is 6.26. The summed E-state index contributed by atoms with van der Waals surface area (Å²) in [6, 6.07) is 0. The van der Waals surface area contributed by atoms with Crippen molar-refractivity contribution in [2.75, 3.05) is 0 Å². The predicted molar refractivity (Wildman–Crippen MR) is 114 cm³/mol. The zero-order chi connectivity index (χ0) is 19.1. The van der Waals surface area contributed by atoms with E-state index in [4.69, 9.17) is 6.42 Å². The van der Waals surface area contributed by atoms with Crippen molar-refractivity contribution < 1.29 is 0 Å². The van der Waals surface area contributed by atoms with Gasteiger partial charge in [0.15, 0.2) is 0 Å². The third kappa shape index (κ3) is 3.13. The molecule has 0 N–H and O–H groups in total. The van der Waals surface area contributed by atoms with E-state index in [0.29, 0.717) is 5.41 Å². The molecule has 1 saturated carbocycles. The van der Waals surface area contributed by atoms with Gasteiger partial charge >= 0.3 is 0 Å². The first-order chi connectivity index (χ1) is 12.2. The van der Waals surface area contributed by atoms with Crippen LogP contribution in [0.1, 0.15) is 80.1 Å². The second-order valence-corrected chi connectivity index (χ2v) is 10.4. The summed E-state index contributed by atoms with van der Waals surface area (Å²) in [4.78, 5) is 0. The van der Waals surface area contributed by atoms with Crippen LogP contribution in [-0.4, -0.2) is 0 Å². The van der Waals surface area contributed by atoms with Crippen LogP contribution in [0.3, 0.4) is 0 Å². The highest BCUT2D eigenvalue weighted by Gasteiger charge is 2.55. The first-order valence-corrected chi connectivity index (χ1v) is 10.8. The Morgan fingerprint density at radius 3 is 2.38 bits per heavy atom. The van der Waals surface area contributed by atoms with Gasteiger partial charge in [-0.05, 0) is 80.1 Å². The van der Waals surface area contributed by atoms with Gasteiger partial charge in [-0.1, -0.05) is 64.3 Å². The molecule has 1 fully saturated rings. The number of terminal acetylenes is 1. The molecule has 26 heavy (non-hydrogen) atoms. The summed E-state index contributed by atoms with van der Waals surface area (Å²) in [6.45, 7) is 13.8. The van der Waals surface area contributed by atoms with Crippen LogP contribution in [0.25, 0.3) is 0 Å². The van der Waals surface area contributed by atoms with E-state index in [9.17, 15) is 0 Å². The van der Waals surface area contributed by atoms with Crippen molar-refractivity contribution in [1.82, 2.24) is 0 Å². The van der Waals surface area contributed by atoms with Crippen molar-refractivity contribution in [3.63, 3.8) is 0 Å². The van der Waals surface area contributed by atoms with Crippen molar-refractivity contribution in [3.05, 3.63) is 34.9 Å². The van der Waals surface area contributed by atoms with E-state index in [0.717, 1.165) is 23.7 Å². The van der Waals surface area contributed by atoms with Gasteiger partial charge in [0.2, 0.25) is 0 Å². The second-order valence-electron chi connectivity index (χ2n) is 10.4. The monoisotopic (exact) mass is 350 g/mol. The molecule has 0 amide bonds. The molecule has 0 heterocycles. The Bertz CT molecular complexity index is 677. The van der Waals surface area contributed by atoms with Crippen molar-refractivity contribution in [2.24, 2.45) is 34.5 Å². The van der Waals surface area contributed by atoms with Crippen LogP contribution < -0.4 is 0 Å². The van der Waals surface area contributed by atoms with E-state index in [2.05, 4.69) is 65.7 Å². The molecule has 0 saturated heterocycles. The molecule has 0 aromatic rings. The van der Waals surface area contributed by atoms with Gasteiger partial charge in [0, 0.05) is 11.0 Å². The van der Waals surface area contributed by atoms with Crippen molar-refractivity contribution in [2.45, 2.75) is 80.1 Å². The summed E-state index contributed by atoms with van der Waals surface area (Å²) in [6.07, 6.45) is 21.0. The Morgan fingerprint density at radius 1 is 1.04 bits per heavy atom. The van der Waals surface area contributed by atoms with Crippen LogP contribution in [0, 0.1) is 46.8 Å². The lowest BCUT2D eigenvalue weighted by molar-refractivity contribution is -0.00802. The average Bonchev–Trinajstić information content (AvgIpc) is 2.91. The van der Waals surface area contributed by atoms with Crippen LogP contribution >= 0.6 is 0 Å². The molecule has 0 nitrogen and oxygen atoms in total.